The van der Waals surface area contributed by atoms with Crippen LogP contribution in [0.1, 0.15) is 56.2 Å². The van der Waals surface area contributed by atoms with E-state index < -0.39 is 5.97 Å². The van der Waals surface area contributed by atoms with Crippen molar-refractivity contribution in [2.24, 2.45) is 0 Å². The van der Waals surface area contributed by atoms with Crippen LogP contribution in [-0.2, 0) is 22.4 Å². The van der Waals surface area contributed by atoms with Crippen molar-refractivity contribution in [3.05, 3.63) is 23.4 Å². The fourth-order valence-corrected chi connectivity index (χ4v) is 3.37. The lowest BCUT2D eigenvalue weighted by molar-refractivity contribution is -0.137. The van der Waals surface area contributed by atoms with Crippen LogP contribution in [-0.4, -0.2) is 48.9 Å². The number of hydrogen-bond donors (Lipinski definition) is 3. The van der Waals surface area contributed by atoms with Crippen molar-refractivity contribution in [2.75, 3.05) is 32.1 Å². The minimum atomic E-state index is -0.726. The fraction of sp³-hybridized carbons (Fsp3) is 0.700. The Labute approximate surface area is 156 Å². The van der Waals surface area contributed by atoms with Gasteiger partial charge in [-0.1, -0.05) is 6.07 Å². The molecule has 0 bridgehead atoms. The number of rotatable bonds is 13. The molecule has 0 saturated heterocycles. The van der Waals surface area contributed by atoms with Gasteiger partial charge in [-0.25, -0.2) is 4.98 Å². The van der Waals surface area contributed by atoms with Gasteiger partial charge in [0.1, 0.15) is 5.82 Å². The highest BCUT2D eigenvalue weighted by Gasteiger charge is 2.11. The lowest BCUT2D eigenvalue weighted by Gasteiger charge is -2.18. The van der Waals surface area contributed by atoms with E-state index in [1.807, 2.05) is 0 Å². The van der Waals surface area contributed by atoms with Gasteiger partial charge in [-0.15, -0.1) is 0 Å². The molecule has 1 aromatic rings. The van der Waals surface area contributed by atoms with Gasteiger partial charge in [0.05, 0.1) is 0 Å². The highest BCUT2D eigenvalue weighted by atomic mass is 16.5. The molecule has 1 aliphatic rings. The van der Waals surface area contributed by atoms with Crippen molar-refractivity contribution < 1.29 is 14.6 Å². The van der Waals surface area contributed by atoms with E-state index in [0.29, 0.717) is 6.42 Å². The van der Waals surface area contributed by atoms with Gasteiger partial charge in [0, 0.05) is 38.4 Å². The molecule has 1 atom stereocenters. The van der Waals surface area contributed by atoms with E-state index in [4.69, 9.17) is 14.8 Å². The van der Waals surface area contributed by atoms with E-state index in [2.05, 4.69) is 22.8 Å². The number of fused-ring (bicyclic) bond motifs is 1. The summed E-state index contributed by atoms with van der Waals surface area (Å²) in [5, 5.41) is 15.8. The number of anilines is 1. The van der Waals surface area contributed by atoms with Gasteiger partial charge in [-0.3, -0.25) is 4.79 Å². The average molecular weight is 364 g/mol. The molecule has 2 heterocycles. The molecular formula is C20H33N3O3. The Hall–Kier alpha value is -1.66. The van der Waals surface area contributed by atoms with Gasteiger partial charge in [0.15, 0.2) is 0 Å². The second-order valence-corrected chi connectivity index (χ2v) is 7.02. The summed E-state index contributed by atoms with van der Waals surface area (Å²) in [5.74, 6) is 0.342. The molecule has 0 amide bonds. The molecule has 146 valence electrons. The standard InChI is InChI=1S/C20H33N3O3/c1-26-15-5-8-17(11-12-19(24)25)21-13-3-2-7-18-10-9-16-6-4-14-22-20(16)23-18/h9-10,17,21H,2-8,11-15H2,1H3,(H,22,23)(H,24,25). The van der Waals surface area contributed by atoms with Crippen molar-refractivity contribution in [3.8, 4) is 0 Å². The van der Waals surface area contributed by atoms with Crippen LogP contribution in [0.2, 0.25) is 0 Å². The Balaban J connectivity index is 1.65. The Morgan fingerprint density at radius 3 is 3.04 bits per heavy atom. The third kappa shape index (κ3) is 7.70. The summed E-state index contributed by atoms with van der Waals surface area (Å²) < 4.78 is 5.09. The van der Waals surface area contributed by atoms with Crippen LogP contribution < -0.4 is 10.6 Å². The zero-order chi connectivity index (χ0) is 18.6. The third-order valence-electron chi connectivity index (χ3n) is 4.85. The van der Waals surface area contributed by atoms with Crippen molar-refractivity contribution >= 4 is 11.8 Å². The van der Waals surface area contributed by atoms with Gasteiger partial charge in [0.2, 0.25) is 0 Å². The van der Waals surface area contributed by atoms with Gasteiger partial charge in [-0.2, -0.15) is 0 Å². The minimum absolute atomic E-state index is 0.219. The molecule has 2 rings (SSSR count). The number of hydrogen-bond acceptors (Lipinski definition) is 5. The second-order valence-electron chi connectivity index (χ2n) is 7.02. The molecule has 6 nitrogen and oxygen atoms in total. The quantitative estimate of drug-likeness (QED) is 0.467. The molecule has 0 spiro atoms. The highest BCUT2D eigenvalue weighted by Crippen LogP contribution is 2.20. The van der Waals surface area contributed by atoms with Crippen LogP contribution in [0.5, 0.6) is 0 Å². The summed E-state index contributed by atoms with van der Waals surface area (Å²) in [5.41, 5.74) is 2.49. The molecule has 0 aromatic carbocycles. The minimum Gasteiger partial charge on any atom is -0.481 e. The molecule has 3 N–H and O–H groups in total. The second kappa shape index (κ2) is 11.9. The Kier molecular flexibility index (Phi) is 9.42. The van der Waals surface area contributed by atoms with E-state index in [1.54, 1.807) is 7.11 Å². The Morgan fingerprint density at radius 2 is 2.23 bits per heavy atom. The molecular weight excluding hydrogens is 330 g/mol. The number of carboxylic acid groups (broad SMARTS) is 1. The molecule has 0 radical (unpaired) electrons. The average Bonchev–Trinajstić information content (AvgIpc) is 2.65. The number of pyridine rings is 1. The van der Waals surface area contributed by atoms with Crippen molar-refractivity contribution in [1.29, 1.82) is 0 Å². The summed E-state index contributed by atoms with van der Waals surface area (Å²) in [4.78, 5) is 15.5. The van der Waals surface area contributed by atoms with Crippen LogP contribution in [0, 0.1) is 0 Å². The number of unbranched alkanes of at least 4 members (excludes halogenated alkanes) is 1. The zero-order valence-electron chi connectivity index (χ0n) is 15.9. The molecule has 6 heteroatoms. The maximum absolute atomic E-state index is 10.8. The lowest BCUT2D eigenvalue weighted by atomic mass is 10.0. The van der Waals surface area contributed by atoms with Gasteiger partial charge in [-0.05, 0) is 69.5 Å². The third-order valence-corrected chi connectivity index (χ3v) is 4.85. The zero-order valence-corrected chi connectivity index (χ0v) is 15.9. The number of carboxylic acids is 1. The smallest absolute Gasteiger partial charge is 0.303 e. The predicted molar refractivity (Wildman–Crippen MR) is 104 cm³/mol. The Bertz CT molecular complexity index is 551. The van der Waals surface area contributed by atoms with Crippen molar-refractivity contribution in [1.82, 2.24) is 10.3 Å². The first kappa shape index (κ1) is 20.6. The molecule has 1 unspecified atom stereocenters. The summed E-state index contributed by atoms with van der Waals surface area (Å²) in [6.45, 7) is 2.66. The van der Waals surface area contributed by atoms with E-state index in [0.717, 1.165) is 69.7 Å². The molecule has 1 aliphatic heterocycles. The van der Waals surface area contributed by atoms with Crippen molar-refractivity contribution in [3.63, 3.8) is 0 Å². The number of ether oxygens (including phenoxy) is 1. The highest BCUT2D eigenvalue weighted by molar-refractivity contribution is 5.66. The van der Waals surface area contributed by atoms with E-state index in [1.165, 1.54) is 12.0 Å². The molecule has 26 heavy (non-hydrogen) atoms. The van der Waals surface area contributed by atoms with Gasteiger partial charge >= 0.3 is 5.97 Å². The maximum atomic E-state index is 10.8. The molecule has 0 saturated carbocycles. The van der Waals surface area contributed by atoms with Gasteiger partial charge in [0.25, 0.3) is 0 Å². The number of aliphatic carboxylic acids is 1. The fourth-order valence-electron chi connectivity index (χ4n) is 3.37. The molecule has 0 aliphatic carbocycles. The van der Waals surface area contributed by atoms with E-state index in [-0.39, 0.29) is 12.5 Å². The van der Waals surface area contributed by atoms with Crippen LogP contribution in [0.25, 0.3) is 0 Å². The maximum Gasteiger partial charge on any atom is 0.303 e. The predicted octanol–water partition coefficient (Wildman–Crippen LogP) is 3.01. The topological polar surface area (TPSA) is 83.5 Å². The lowest BCUT2D eigenvalue weighted by Crippen LogP contribution is -2.31. The Morgan fingerprint density at radius 1 is 1.35 bits per heavy atom. The molecule has 1 aromatic heterocycles. The monoisotopic (exact) mass is 363 g/mol. The number of aryl methyl sites for hydroxylation is 2. The summed E-state index contributed by atoms with van der Waals surface area (Å²) in [6, 6.07) is 4.62. The number of aromatic nitrogens is 1. The first-order chi connectivity index (χ1) is 12.7. The molecule has 0 fully saturated rings. The van der Waals surface area contributed by atoms with Crippen LogP contribution >= 0.6 is 0 Å². The normalized spacial score (nSPS) is 14.5. The first-order valence-electron chi connectivity index (χ1n) is 9.86. The summed E-state index contributed by atoms with van der Waals surface area (Å²) in [6.07, 6.45) is 8.27. The van der Waals surface area contributed by atoms with Crippen LogP contribution in [0.15, 0.2) is 12.1 Å². The number of carbonyl (C=O) groups is 1. The number of nitrogens with one attached hydrogen (secondary N) is 2. The van der Waals surface area contributed by atoms with Crippen molar-refractivity contribution in [2.45, 2.75) is 63.8 Å². The number of methoxy groups -OCH3 is 1. The summed E-state index contributed by atoms with van der Waals surface area (Å²) >= 11 is 0. The number of nitrogens with zero attached hydrogens (tertiary/aromatic N) is 1. The van der Waals surface area contributed by atoms with E-state index in [9.17, 15) is 4.79 Å². The summed E-state index contributed by atoms with van der Waals surface area (Å²) in [7, 11) is 1.70. The largest absolute Gasteiger partial charge is 0.481 e. The van der Waals surface area contributed by atoms with Crippen LogP contribution in [0.4, 0.5) is 5.82 Å². The van der Waals surface area contributed by atoms with Crippen LogP contribution in [0.3, 0.4) is 0 Å². The SMILES string of the molecule is COCCCC(CCC(=O)O)NCCCCc1ccc2c(n1)NCCC2. The van der Waals surface area contributed by atoms with E-state index >= 15 is 0 Å². The first-order valence-corrected chi connectivity index (χ1v) is 9.86. The van der Waals surface area contributed by atoms with Gasteiger partial charge < -0.3 is 20.5 Å².